The predicted molar refractivity (Wildman–Crippen MR) is 72.6 cm³/mol. The first-order chi connectivity index (χ1) is 8.22. The van der Waals surface area contributed by atoms with E-state index >= 15 is 0 Å². The maximum absolute atomic E-state index is 4.55. The minimum Gasteiger partial charge on any atom is -0.318 e. The Morgan fingerprint density at radius 1 is 1.47 bits per heavy atom. The zero-order valence-corrected chi connectivity index (χ0v) is 11.1. The molecule has 3 rings (SSSR count). The maximum Gasteiger partial charge on any atom is 0.162 e. The first-order valence-corrected chi connectivity index (χ1v) is 7.13. The highest BCUT2D eigenvalue weighted by Crippen LogP contribution is 2.41. The standard InChI is InChI=1S/C12H18N4S/c1-8(2)16-6-5-11(15-16)14-12-13-7-10(17-12)9-3-4-9/h5-6,8-10H,3-4,7H2,1-2H3,(H,13,14,15). The first kappa shape index (κ1) is 11.1. The van der Waals surface area contributed by atoms with Crippen molar-refractivity contribution in [1.82, 2.24) is 9.78 Å². The van der Waals surface area contributed by atoms with E-state index in [-0.39, 0.29) is 0 Å². The lowest BCUT2D eigenvalue weighted by atomic mass is 10.3. The number of thioether (sulfide) groups is 1. The number of nitrogens with one attached hydrogen (secondary N) is 1. The third-order valence-electron chi connectivity index (χ3n) is 3.20. The fraction of sp³-hybridized carbons (Fsp3) is 0.667. The van der Waals surface area contributed by atoms with Crippen molar-refractivity contribution in [3.8, 4) is 0 Å². The summed E-state index contributed by atoms with van der Waals surface area (Å²) in [7, 11) is 0. The lowest BCUT2D eigenvalue weighted by molar-refractivity contribution is 0.534. The molecule has 5 heteroatoms. The zero-order chi connectivity index (χ0) is 11.8. The van der Waals surface area contributed by atoms with Crippen molar-refractivity contribution in [3.63, 3.8) is 0 Å². The molecule has 1 N–H and O–H groups in total. The van der Waals surface area contributed by atoms with Crippen LogP contribution in [0, 0.1) is 5.92 Å². The molecular weight excluding hydrogens is 232 g/mol. The van der Waals surface area contributed by atoms with Gasteiger partial charge in [-0.2, -0.15) is 5.10 Å². The van der Waals surface area contributed by atoms with Gasteiger partial charge in [-0.3, -0.25) is 9.67 Å². The van der Waals surface area contributed by atoms with Gasteiger partial charge < -0.3 is 5.32 Å². The van der Waals surface area contributed by atoms with Crippen molar-refractivity contribution in [1.29, 1.82) is 0 Å². The molecule has 1 fully saturated rings. The summed E-state index contributed by atoms with van der Waals surface area (Å²) in [6.07, 6.45) is 4.79. The molecule has 0 radical (unpaired) electrons. The Bertz CT molecular complexity index is 433. The smallest absolute Gasteiger partial charge is 0.162 e. The molecule has 0 amide bonds. The minimum atomic E-state index is 0.405. The van der Waals surface area contributed by atoms with Crippen molar-refractivity contribution in [2.45, 2.75) is 38.0 Å². The van der Waals surface area contributed by atoms with E-state index in [0.29, 0.717) is 11.3 Å². The van der Waals surface area contributed by atoms with Gasteiger partial charge in [-0.05, 0) is 32.6 Å². The molecule has 2 heterocycles. The molecular formula is C12H18N4S. The molecule has 1 aliphatic carbocycles. The second-order valence-electron chi connectivity index (χ2n) is 5.04. The quantitative estimate of drug-likeness (QED) is 0.897. The van der Waals surface area contributed by atoms with E-state index < -0.39 is 0 Å². The number of amidine groups is 1. The molecule has 2 aliphatic rings. The zero-order valence-electron chi connectivity index (χ0n) is 10.3. The highest BCUT2D eigenvalue weighted by atomic mass is 32.2. The van der Waals surface area contributed by atoms with Crippen LogP contribution >= 0.6 is 11.8 Å². The van der Waals surface area contributed by atoms with Gasteiger partial charge in [0.15, 0.2) is 11.0 Å². The van der Waals surface area contributed by atoms with Crippen molar-refractivity contribution < 1.29 is 0 Å². The Morgan fingerprint density at radius 3 is 2.94 bits per heavy atom. The van der Waals surface area contributed by atoms with Crippen molar-refractivity contribution >= 4 is 22.7 Å². The van der Waals surface area contributed by atoms with Gasteiger partial charge in [-0.15, -0.1) is 0 Å². The van der Waals surface area contributed by atoms with Crippen LogP contribution in [0.25, 0.3) is 0 Å². The van der Waals surface area contributed by atoms with E-state index in [9.17, 15) is 0 Å². The van der Waals surface area contributed by atoms with E-state index in [1.54, 1.807) is 0 Å². The lowest BCUT2D eigenvalue weighted by Crippen LogP contribution is -2.10. The summed E-state index contributed by atoms with van der Waals surface area (Å²) in [5.74, 6) is 1.82. The summed E-state index contributed by atoms with van der Waals surface area (Å²) < 4.78 is 1.96. The molecule has 1 atom stereocenters. The predicted octanol–water partition coefficient (Wildman–Crippen LogP) is 2.76. The van der Waals surface area contributed by atoms with Crippen LogP contribution in [0.2, 0.25) is 0 Å². The monoisotopic (exact) mass is 250 g/mol. The van der Waals surface area contributed by atoms with Crippen LogP contribution in [0.4, 0.5) is 5.82 Å². The van der Waals surface area contributed by atoms with E-state index in [1.165, 1.54) is 12.8 Å². The van der Waals surface area contributed by atoms with E-state index in [1.807, 2.05) is 28.7 Å². The summed E-state index contributed by atoms with van der Waals surface area (Å²) in [5, 5.41) is 9.53. The van der Waals surface area contributed by atoms with Gasteiger partial charge in [0.25, 0.3) is 0 Å². The van der Waals surface area contributed by atoms with Gasteiger partial charge in [0.2, 0.25) is 0 Å². The second kappa shape index (κ2) is 4.37. The molecule has 1 aromatic heterocycles. The summed E-state index contributed by atoms with van der Waals surface area (Å²) in [6, 6.07) is 2.41. The summed E-state index contributed by atoms with van der Waals surface area (Å²) in [6.45, 7) is 5.23. The normalized spacial score (nSPS) is 24.2. The summed E-state index contributed by atoms with van der Waals surface area (Å²) in [5.41, 5.74) is 0. The third-order valence-corrected chi connectivity index (χ3v) is 4.49. The van der Waals surface area contributed by atoms with Crippen LogP contribution in [-0.4, -0.2) is 26.7 Å². The average molecular weight is 250 g/mol. The molecule has 4 nitrogen and oxygen atoms in total. The second-order valence-corrected chi connectivity index (χ2v) is 6.27. The van der Waals surface area contributed by atoms with E-state index in [0.717, 1.165) is 23.4 Å². The molecule has 17 heavy (non-hydrogen) atoms. The van der Waals surface area contributed by atoms with E-state index in [4.69, 9.17) is 0 Å². The highest BCUT2D eigenvalue weighted by molar-refractivity contribution is 8.15. The molecule has 1 aromatic rings. The number of hydrogen-bond donors (Lipinski definition) is 1. The average Bonchev–Trinajstić information content (AvgIpc) is 2.87. The van der Waals surface area contributed by atoms with Gasteiger partial charge in [0, 0.05) is 23.6 Å². The van der Waals surface area contributed by atoms with Crippen LogP contribution in [-0.2, 0) is 0 Å². The van der Waals surface area contributed by atoms with E-state index in [2.05, 4.69) is 29.3 Å². The molecule has 1 unspecified atom stereocenters. The molecule has 0 aromatic carbocycles. The van der Waals surface area contributed by atoms with Gasteiger partial charge >= 0.3 is 0 Å². The Labute approximate surface area is 106 Å². The van der Waals surface area contributed by atoms with Gasteiger partial charge in [-0.1, -0.05) is 11.8 Å². The minimum absolute atomic E-state index is 0.405. The molecule has 0 saturated heterocycles. The van der Waals surface area contributed by atoms with Crippen molar-refractivity contribution in [3.05, 3.63) is 12.3 Å². The van der Waals surface area contributed by atoms with Crippen LogP contribution in [0.15, 0.2) is 17.3 Å². The first-order valence-electron chi connectivity index (χ1n) is 6.25. The highest BCUT2D eigenvalue weighted by Gasteiger charge is 2.35. The summed E-state index contributed by atoms with van der Waals surface area (Å²) in [4.78, 5) is 4.55. The topological polar surface area (TPSA) is 42.2 Å². The lowest BCUT2D eigenvalue weighted by Gasteiger charge is -2.06. The maximum atomic E-state index is 4.55. The summed E-state index contributed by atoms with van der Waals surface area (Å²) >= 11 is 1.88. The SMILES string of the molecule is CC(C)n1ccc(NC2=NCC(C3CC3)S2)n1. The Morgan fingerprint density at radius 2 is 2.29 bits per heavy atom. The Kier molecular flexibility index (Phi) is 2.86. The number of aromatic nitrogens is 2. The number of anilines is 1. The molecule has 1 saturated carbocycles. The Hall–Kier alpha value is -0.970. The number of nitrogens with zero attached hydrogens (tertiary/aromatic N) is 3. The number of rotatable bonds is 3. The van der Waals surface area contributed by atoms with Crippen LogP contribution in [0.3, 0.4) is 0 Å². The van der Waals surface area contributed by atoms with Crippen molar-refractivity contribution in [2.24, 2.45) is 10.9 Å². The molecule has 92 valence electrons. The van der Waals surface area contributed by atoms with Crippen LogP contribution < -0.4 is 5.32 Å². The van der Waals surface area contributed by atoms with Gasteiger partial charge in [0.05, 0.1) is 6.54 Å². The number of aliphatic imine (C=N–C) groups is 1. The molecule has 0 bridgehead atoms. The fourth-order valence-electron chi connectivity index (χ4n) is 1.97. The van der Waals surface area contributed by atoms with Crippen LogP contribution in [0.5, 0.6) is 0 Å². The number of hydrogen-bond acceptors (Lipinski definition) is 4. The Balaban J connectivity index is 1.59. The van der Waals surface area contributed by atoms with Gasteiger partial charge in [0.1, 0.15) is 0 Å². The van der Waals surface area contributed by atoms with Crippen molar-refractivity contribution in [2.75, 3.05) is 11.9 Å². The fourth-order valence-corrected chi connectivity index (χ4v) is 3.19. The molecule has 0 spiro atoms. The van der Waals surface area contributed by atoms with Crippen LogP contribution in [0.1, 0.15) is 32.7 Å². The molecule has 1 aliphatic heterocycles. The van der Waals surface area contributed by atoms with Gasteiger partial charge in [-0.25, -0.2) is 0 Å². The largest absolute Gasteiger partial charge is 0.318 e. The third kappa shape index (κ3) is 2.49.